The fraction of sp³-hybridized carbons (Fsp3) is 0.105. The van der Waals surface area contributed by atoms with Gasteiger partial charge in [0.1, 0.15) is 22.7 Å². The minimum atomic E-state index is -0.414. The van der Waals surface area contributed by atoms with E-state index in [1.54, 1.807) is 23.9 Å². The highest BCUT2D eigenvalue weighted by Crippen LogP contribution is 2.31. The van der Waals surface area contributed by atoms with Crippen LogP contribution in [0.25, 0.3) is 22.6 Å². The van der Waals surface area contributed by atoms with Crippen LogP contribution >= 0.6 is 11.8 Å². The van der Waals surface area contributed by atoms with Gasteiger partial charge in [-0.05, 0) is 17.7 Å². The molecular weight excluding hydrogens is 362 g/mol. The van der Waals surface area contributed by atoms with Gasteiger partial charge in [-0.15, -0.1) is 0 Å². The van der Waals surface area contributed by atoms with Crippen LogP contribution in [0.5, 0.6) is 0 Å². The largest absolute Gasteiger partial charge is 0.324 e. The molecular formula is C19H15N5O2S. The fourth-order valence-corrected chi connectivity index (χ4v) is 3.81. The summed E-state index contributed by atoms with van der Waals surface area (Å²) in [6, 6.07) is 16.5. The molecule has 0 atom stereocenters. The Labute approximate surface area is 159 Å². The van der Waals surface area contributed by atoms with Gasteiger partial charge in [0, 0.05) is 30.5 Å². The smallest absolute Gasteiger partial charge is 0.269 e. The van der Waals surface area contributed by atoms with Crippen molar-refractivity contribution in [3.63, 3.8) is 0 Å². The number of hydrogen-bond donors (Lipinski definition) is 0. The molecule has 0 saturated heterocycles. The van der Waals surface area contributed by atoms with Crippen molar-refractivity contribution in [3.8, 4) is 11.4 Å². The zero-order chi connectivity index (χ0) is 18.8. The lowest BCUT2D eigenvalue weighted by atomic mass is 10.2. The lowest BCUT2D eigenvalue weighted by Gasteiger charge is -2.05. The molecule has 4 aromatic rings. The molecule has 2 heterocycles. The zero-order valence-electron chi connectivity index (χ0n) is 14.4. The molecule has 0 aliphatic carbocycles. The summed E-state index contributed by atoms with van der Waals surface area (Å²) in [4.78, 5) is 23.8. The second kappa shape index (κ2) is 7.16. The first kappa shape index (κ1) is 17.2. The van der Waals surface area contributed by atoms with E-state index in [9.17, 15) is 10.1 Å². The molecule has 2 aromatic carbocycles. The summed E-state index contributed by atoms with van der Waals surface area (Å²) < 4.78 is 1.93. The Morgan fingerprint density at radius 3 is 2.52 bits per heavy atom. The molecule has 7 nitrogen and oxygen atoms in total. The van der Waals surface area contributed by atoms with E-state index in [2.05, 4.69) is 27.1 Å². The molecule has 0 amide bonds. The number of hydrogen-bond acceptors (Lipinski definition) is 6. The van der Waals surface area contributed by atoms with Gasteiger partial charge < -0.3 is 4.57 Å². The number of aromatic nitrogens is 4. The lowest BCUT2D eigenvalue weighted by molar-refractivity contribution is -0.384. The quantitative estimate of drug-likeness (QED) is 0.224. The molecule has 0 saturated carbocycles. The maximum absolute atomic E-state index is 10.9. The van der Waals surface area contributed by atoms with E-state index in [1.165, 1.54) is 24.0 Å². The summed E-state index contributed by atoms with van der Waals surface area (Å²) in [6.45, 7) is 0. The maximum atomic E-state index is 10.9. The van der Waals surface area contributed by atoms with Crippen molar-refractivity contribution in [2.24, 2.45) is 7.05 Å². The van der Waals surface area contributed by atoms with Crippen molar-refractivity contribution in [2.75, 3.05) is 0 Å². The highest BCUT2D eigenvalue weighted by Gasteiger charge is 2.16. The molecule has 0 N–H and O–H groups in total. The Morgan fingerprint density at radius 2 is 1.81 bits per heavy atom. The van der Waals surface area contributed by atoms with Gasteiger partial charge in [0.2, 0.25) is 0 Å². The Kier molecular flexibility index (Phi) is 4.55. The van der Waals surface area contributed by atoms with Gasteiger partial charge in [-0.25, -0.2) is 15.0 Å². The van der Waals surface area contributed by atoms with Crippen LogP contribution in [-0.4, -0.2) is 24.4 Å². The minimum Gasteiger partial charge on any atom is -0.324 e. The van der Waals surface area contributed by atoms with Crippen LogP contribution in [0.15, 0.2) is 66.0 Å². The van der Waals surface area contributed by atoms with Crippen LogP contribution in [0.2, 0.25) is 0 Å². The Bertz CT molecular complexity index is 1110. The standard InChI is InChI=1S/C19H15N5O2S/c1-23-16-17(22-18(23)14-7-9-15(10-8-14)24(25)26)20-12-21-19(16)27-11-13-5-3-2-4-6-13/h2-10,12H,11H2,1H3. The summed E-state index contributed by atoms with van der Waals surface area (Å²) in [7, 11) is 1.90. The lowest BCUT2D eigenvalue weighted by Crippen LogP contribution is -1.96. The van der Waals surface area contributed by atoms with Crippen molar-refractivity contribution in [1.29, 1.82) is 0 Å². The summed E-state index contributed by atoms with van der Waals surface area (Å²) in [5.41, 5.74) is 3.52. The summed E-state index contributed by atoms with van der Waals surface area (Å²) >= 11 is 1.63. The number of nitro groups is 1. The molecule has 0 radical (unpaired) electrons. The van der Waals surface area contributed by atoms with Gasteiger partial charge >= 0.3 is 0 Å². The van der Waals surface area contributed by atoms with Crippen LogP contribution in [0, 0.1) is 10.1 Å². The minimum absolute atomic E-state index is 0.0522. The van der Waals surface area contributed by atoms with Gasteiger partial charge in [-0.2, -0.15) is 0 Å². The first-order valence-corrected chi connectivity index (χ1v) is 9.21. The van der Waals surface area contributed by atoms with E-state index >= 15 is 0 Å². The number of nitrogens with zero attached hydrogens (tertiary/aromatic N) is 5. The number of fused-ring (bicyclic) bond motifs is 1. The predicted molar refractivity (Wildman–Crippen MR) is 104 cm³/mol. The van der Waals surface area contributed by atoms with E-state index in [-0.39, 0.29) is 5.69 Å². The number of non-ortho nitro benzene ring substituents is 1. The molecule has 4 rings (SSSR count). The average molecular weight is 377 g/mol. The van der Waals surface area contributed by atoms with E-state index < -0.39 is 4.92 Å². The normalized spacial score (nSPS) is 11.0. The molecule has 134 valence electrons. The molecule has 0 aliphatic rings. The van der Waals surface area contributed by atoms with E-state index in [0.717, 1.165) is 21.9 Å². The van der Waals surface area contributed by atoms with Crippen LogP contribution < -0.4 is 0 Å². The fourth-order valence-electron chi connectivity index (χ4n) is 2.83. The third-order valence-electron chi connectivity index (χ3n) is 4.19. The van der Waals surface area contributed by atoms with E-state index in [4.69, 9.17) is 0 Å². The SMILES string of the molecule is Cn1c(-c2ccc([N+](=O)[O-])cc2)nc2ncnc(SCc3ccccc3)c21. The molecule has 0 fully saturated rings. The third-order valence-corrected chi connectivity index (χ3v) is 5.24. The second-order valence-electron chi connectivity index (χ2n) is 5.92. The van der Waals surface area contributed by atoms with Gasteiger partial charge in [-0.3, -0.25) is 10.1 Å². The predicted octanol–water partition coefficient (Wildman–Crippen LogP) is 4.23. The number of rotatable bonds is 5. The third kappa shape index (κ3) is 3.39. The van der Waals surface area contributed by atoms with Gasteiger partial charge in [-0.1, -0.05) is 42.1 Å². The molecule has 8 heteroatoms. The second-order valence-corrected chi connectivity index (χ2v) is 6.89. The van der Waals surface area contributed by atoms with Crippen molar-refractivity contribution >= 4 is 28.6 Å². The van der Waals surface area contributed by atoms with Crippen molar-refractivity contribution in [1.82, 2.24) is 19.5 Å². The maximum Gasteiger partial charge on any atom is 0.269 e. The monoisotopic (exact) mass is 377 g/mol. The average Bonchev–Trinajstić information content (AvgIpc) is 3.04. The van der Waals surface area contributed by atoms with Gasteiger partial charge in [0.05, 0.1) is 4.92 Å². The summed E-state index contributed by atoms with van der Waals surface area (Å²) in [5.74, 6) is 1.49. The van der Waals surface area contributed by atoms with Gasteiger partial charge in [0.15, 0.2) is 5.65 Å². The highest BCUT2D eigenvalue weighted by molar-refractivity contribution is 7.98. The van der Waals surface area contributed by atoms with Crippen LogP contribution in [0.4, 0.5) is 5.69 Å². The zero-order valence-corrected chi connectivity index (χ0v) is 15.3. The molecule has 0 unspecified atom stereocenters. The van der Waals surface area contributed by atoms with Crippen molar-refractivity contribution in [3.05, 3.63) is 76.6 Å². The summed E-state index contributed by atoms with van der Waals surface area (Å²) in [6.07, 6.45) is 1.52. The number of aryl methyl sites for hydroxylation is 1. The number of benzene rings is 2. The molecule has 27 heavy (non-hydrogen) atoms. The molecule has 2 aromatic heterocycles. The molecule has 0 bridgehead atoms. The van der Waals surface area contributed by atoms with E-state index in [0.29, 0.717) is 11.5 Å². The number of nitro benzene ring substituents is 1. The summed E-state index contributed by atoms with van der Waals surface area (Å²) in [5, 5.41) is 11.7. The van der Waals surface area contributed by atoms with Crippen molar-refractivity contribution in [2.45, 2.75) is 10.8 Å². The first-order valence-electron chi connectivity index (χ1n) is 8.22. The Balaban J connectivity index is 1.70. The number of thioether (sulfide) groups is 1. The molecule has 0 spiro atoms. The Hall–Kier alpha value is -3.26. The Morgan fingerprint density at radius 1 is 1.07 bits per heavy atom. The highest BCUT2D eigenvalue weighted by atomic mass is 32.2. The first-order chi connectivity index (χ1) is 13.1. The van der Waals surface area contributed by atoms with Crippen LogP contribution in [0.3, 0.4) is 0 Å². The molecule has 0 aliphatic heterocycles. The topological polar surface area (TPSA) is 86.7 Å². The van der Waals surface area contributed by atoms with Crippen LogP contribution in [-0.2, 0) is 12.8 Å². The van der Waals surface area contributed by atoms with Crippen LogP contribution in [0.1, 0.15) is 5.56 Å². The van der Waals surface area contributed by atoms with E-state index in [1.807, 2.05) is 29.8 Å². The van der Waals surface area contributed by atoms with Gasteiger partial charge in [0.25, 0.3) is 5.69 Å². The van der Waals surface area contributed by atoms with Crippen molar-refractivity contribution < 1.29 is 4.92 Å². The number of imidazole rings is 1.